The number of pyridine rings is 1. The molecule has 138 valence electrons. The number of hydrogen-bond acceptors (Lipinski definition) is 3. The lowest BCUT2D eigenvalue weighted by atomic mass is 10.1. The number of hydrogen-bond donors (Lipinski definition) is 1. The smallest absolute Gasteiger partial charge is 0.252 e. The minimum atomic E-state index is -0.213. The molecule has 1 amide bonds. The lowest BCUT2D eigenvalue weighted by Gasteiger charge is -2.17. The van der Waals surface area contributed by atoms with E-state index in [-0.39, 0.29) is 16.9 Å². The van der Waals surface area contributed by atoms with Gasteiger partial charge in [0, 0.05) is 30.5 Å². The predicted octanol–water partition coefficient (Wildman–Crippen LogP) is 3.13. The summed E-state index contributed by atoms with van der Waals surface area (Å²) in [6.07, 6.45) is 2.05. The van der Waals surface area contributed by atoms with Gasteiger partial charge in [0.05, 0.1) is 17.7 Å². The van der Waals surface area contributed by atoms with Gasteiger partial charge < -0.3 is 14.6 Å². The number of aromatic nitrogens is 1. The van der Waals surface area contributed by atoms with Crippen molar-refractivity contribution in [2.24, 2.45) is 12.5 Å². The summed E-state index contributed by atoms with van der Waals surface area (Å²) in [5.74, 6) is 0.627. The summed E-state index contributed by atoms with van der Waals surface area (Å²) in [5, 5.41) is 3.79. The van der Waals surface area contributed by atoms with Gasteiger partial charge in [-0.05, 0) is 31.0 Å². The average Bonchev–Trinajstić information content (AvgIpc) is 3.48. The molecule has 1 aliphatic rings. The van der Waals surface area contributed by atoms with E-state index in [1.54, 1.807) is 11.6 Å². The van der Waals surface area contributed by atoms with E-state index in [4.69, 9.17) is 4.74 Å². The second kappa shape index (κ2) is 6.91. The van der Waals surface area contributed by atoms with Crippen LogP contribution in [0.15, 0.2) is 65.5 Å². The fourth-order valence-electron chi connectivity index (χ4n) is 3.26. The van der Waals surface area contributed by atoms with Gasteiger partial charge in [-0.15, -0.1) is 0 Å². The Labute approximate surface area is 157 Å². The van der Waals surface area contributed by atoms with Crippen molar-refractivity contribution in [3.63, 3.8) is 0 Å². The van der Waals surface area contributed by atoms with Crippen molar-refractivity contribution in [3.05, 3.63) is 76.6 Å². The van der Waals surface area contributed by atoms with Gasteiger partial charge in [-0.25, -0.2) is 0 Å². The zero-order valence-electron chi connectivity index (χ0n) is 15.3. The molecule has 0 aliphatic heterocycles. The highest BCUT2D eigenvalue weighted by atomic mass is 16.5. The van der Waals surface area contributed by atoms with Gasteiger partial charge in [-0.1, -0.05) is 36.4 Å². The summed E-state index contributed by atoms with van der Waals surface area (Å²) >= 11 is 0. The Morgan fingerprint density at radius 1 is 1.11 bits per heavy atom. The van der Waals surface area contributed by atoms with E-state index in [1.807, 2.05) is 54.6 Å². The molecular weight excluding hydrogens is 340 g/mol. The van der Waals surface area contributed by atoms with Gasteiger partial charge in [0.1, 0.15) is 5.75 Å². The first-order valence-corrected chi connectivity index (χ1v) is 9.13. The summed E-state index contributed by atoms with van der Waals surface area (Å²) in [4.78, 5) is 25.0. The summed E-state index contributed by atoms with van der Waals surface area (Å²) in [6, 6.07) is 18.6. The molecule has 1 aromatic heterocycles. The maximum absolute atomic E-state index is 12.8. The number of carbonyl (C=O) groups is 1. The quantitative estimate of drug-likeness (QED) is 0.733. The fourth-order valence-corrected chi connectivity index (χ4v) is 3.26. The van der Waals surface area contributed by atoms with Crippen LogP contribution in [0.25, 0.3) is 10.9 Å². The second-order valence-electron chi connectivity index (χ2n) is 7.26. The van der Waals surface area contributed by atoms with Crippen molar-refractivity contribution in [2.75, 3.05) is 13.2 Å². The summed E-state index contributed by atoms with van der Waals surface area (Å²) in [6.45, 7) is 1.12. The normalized spacial score (nSPS) is 14.7. The van der Waals surface area contributed by atoms with Crippen molar-refractivity contribution in [2.45, 2.75) is 12.8 Å². The van der Waals surface area contributed by atoms with E-state index in [9.17, 15) is 9.59 Å². The fraction of sp³-hybridized carbons (Fsp3) is 0.273. The van der Waals surface area contributed by atoms with E-state index in [0.717, 1.165) is 29.5 Å². The maximum Gasteiger partial charge on any atom is 0.252 e. The van der Waals surface area contributed by atoms with E-state index in [2.05, 4.69) is 5.32 Å². The van der Waals surface area contributed by atoms with Gasteiger partial charge in [0.15, 0.2) is 0 Å². The Morgan fingerprint density at radius 3 is 2.56 bits per heavy atom. The summed E-state index contributed by atoms with van der Waals surface area (Å²) in [5.41, 5.74) is 0.977. The molecule has 4 rings (SSSR count). The molecule has 5 heteroatoms. The molecule has 1 aliphatic carbocycles. The Hall–Kier alpha value is -3.08. The molecule has 1 saturated carbocycles. The van der Waals surface area contributed by atoms with Crippen LogP contribution < -0.4 is 15.6 Å². The Bertz CT molecular complexity index is 1040. The van der Waals surface area contributed by atoms with Gasteiger partial charge in [-0.3, -0.25) is 9.59 Å². The van der Waals surface area contributed by atoms with Crippen LogP contribution in [0.2, 0.25) is 0 Å². The van der Waals surface area contributed by atoms with Crippen molar-refractivity contribution in [1.82, 2.24) is 9.88 Å². The Morgan fingerprint density at radius 2 is 1.81 bits per heavy atom. The number of carbonyl (C=O) groups excluding carboxylic acids is 1. The molecule has 5 nitrogen and oxygen atoms in total. The predicted molar refractivity (Wildman–Crippen MR) is 105 cm³/mol. The van der Waals surface area contributed by atoms with Crippen LogP contribution in [0.1, 0.15) is 23.2 Å². The lowest BCUT2D eigenvalue weighted by molar-refractivity contribution is 0.0939. The topological polar surface area (TPSA) is 60.3 Å². The first-order valence-electron chi connectivity index (χ1n) is 9.13. The molecule has 0 atom stereocenters. The molecule has 1 heterocycles. The van der Waals surface area contributed by atoms with Crippen molar-refractivity contribution in [1.29, 1.82) is 0 Å². The summed E-state index contributed by atoms with van der Waals surface area (Å²) < 4.78 is 7.43. The average molecular weight is 362 g/mol. The number of benzene rings is 2. The van der Waals surface area contributed by atoms with Crippen LogP contribution in [0.4, 0.5) is 0 Å². The van der Waals surface area contributed by atoms with Crippen LogP contribution in [0.5, 0.6) is 5.75 Å². The first kappa shape index (κ1) is 17.3. The Balaban J connectivity index is 1.46. The molecule has 0 radical (unpaired) electrons. The zero-order chi connectivity index (χ0) is 18.9. The second-order valence-corrected chi connectivity index (χ2v) is 7.26. The third kappa shape index (κ3) is 3.58. The minimum Gasteiger partial charge on any atom is -0.493 e. The standard InChI is InChI=1S/C22H22N2O3/c1-24-19-10-6-5-9-17(19)18(13-20(24)25)21(26)23-14-22(11-12-22)15-27-16-7-3-2-4-8-16/h2-10,13H,11-12,14-15H2,1H3,(H,23,26). The third-order valence-corrected chi connectivity index (χ3v) is 5.27. The number of ether oxygens (including phenoxy) is 1. The van der Waals surface area contributed by atoms with Crippen LogP contribution >= 0.6 is 0 Å². The monoisotopic (exact) mass is 362 g/mol. The number of amides is 1. The SMILES string of the molecule is Cn1c(=O)cc(C(=O)NCC2(COc3ccccc3)CC2)c2ccccc21. The molecule has 0 spiro atoms. The molecule has 0 unspecified atom stereocenters. The molecule has 0 saturated heterocycles. The van der Waals surface area contributed by atoms with E-state index in [1.165, 1.54) is 6.07 Å². The minimum absolute atomic E-state index is 0.0129. The molecule has 0 bridgehead atoms. The highest BCUT2D eigenvalue weighted by Gasteiger charge is 2.43. The number of nitrogens with one attached hydrogen (secondary N) is 1. The van der Waals surface area contributed by atoms with Gasteiger partial charge in [-0.2, -0.15) is 0 Å². The molecular formula is C22H22N2O3. The van der Waals surface area contributed by atoms with Crippen LogP contribution in [-0.4, -0.2) is 23.6 Å². The van der Waals surface area contributed by atoms with Crippen molar-refractivity contribution in [3.8, 4) is 5.75 Å². The van der Waals surface area contributed by atoms with Gasteiger partial charge >= 0.3 is 0 Å². The molecule has 27 heavy (non-hydrogen) atoms. The first-order chi connectivity index (χ1) is 13.1. The number of nitrogens with zero attached hydrogens (tertiary/aromatic N) is 1. The molecule has 2 aromatic carbocycles. The largest absolute Gasteiger partial charge is 0.493 e. The summed E-state index contributed by atoms with van der Waals surface area (Å²) in [7, 11) is 1.71. The third-order valence-electron chi connectivity index (χ3n) is 5.27. The lowest BCUT2D eigenvalue weighted by Crippen LogP contribution is -2.34. The Kier molecular flexibility index (Phi) is 4.44. The van der Waals surface area contributed by atoms with Gasteiger partial charge in [0.2, 0.25) is 0 Å². The molecule has 1 fully saturated rings. The van der Waals surface area contributed by atoms with E-state index < -0.39 is 0 Å². The highest BCUT2D eigenvalue weighted by Crippen LogP contribution is 2.45. The van der Waals surface area contributed by atoms with E-state index in [0.29, 0.717) is 18.7 Å². The zero-order valence-corrected chi connectivity index (χ0v) is 15.3. The highest BCUT2D eigenvalue weighted by molar-refractivity contribution is 6.06. The van der Waals surface area contributed by atoms with Crippen LogP contribution in [-0.2, 0) is 7.05 Å². The number of para-hydroxylation sites is 2. The van der Waals surface area contributed by atoms with Gasteiger partial charge in [0.25, 0.3) is 11.5 Å². The van der Waals surface area contributed by atoms with Crippen molar-refractivity contribution < 1.29 is 9.53 Å². The van der Waals surface area contributed by atoms with Crippen molar-refractivity contribution >= 4 is 16.8 Å². The molecule has 1 N–H and O–H groups in total. The van der Waals surface area contributed by atoms with Crippen LogP contribution in [0.3, 0.4) is 0 Å². The van der Waals surface area contributed by atoms with Crippen LogP contribution in [0, 0.1) is 5.41 Å². The van der Waals surface area contributed by atoms with E-state index >= 15 is 0 Å². The number of rotatable bonds is 6. The number of aryl methyl sites for hydroxylation is 1. The maximum atomic E-state index is 12.8. The molecule has 3 aromatic rings. The number of fused-ring (bicyclic) bond motifs is 1.